The van der Waals surface area contributed by atoms with Crippen molar-refractivity contribution in [1.82, 2.24) is 25.3 Å². The number of nitrogens with zero attached hydrogens (tertiary/aromatic N) is 4. The summed E-state index contributed by atoms with van der Waals surface area (Å²) in [6, 6.07) is 3.28. The van der Waals surface area contributed by atoms with Crippen LogP contribution >= 0.6 is 0 Å². The highest BCUT2D eigenvalue weighted by atomic mass is 19.1. The number of hydrazine groups is 1. The van der Waals surface area contributed by atoms with Crippen LogP contribution in [0.1, 0.15) is 41.9 Å². The fourth-order valence-electron chi connectivity index (χ4n) is 4.40. The highest BCUT2D eigenvalue weighted by molar-refractivity contribution is 6.45. The summed E-state index contributed by atoms with van der Waals surface area (Å²) in [6.07, 6.45) is 6.58. The number of carbonyl (C=O) groups is 4. The average Bonchev–Trinajstić information content (AvgIpc) is 3.43. The van der Waals surface area contributed by atoms with Gasteiger partial charge < -0.3 is 30.3 Å². The molecule has 0 unspecified atom stereocenters. The summed E-state index contributed by atoms with van der Waals surface area (Å²) < 4.78 is 19.6. The van der Waals surface area contributed by atoms with E-state index in [4.69, 9.17) is 10.6 Å². The Morgan fingerprint density at radius 3 is 2.65 bits per heavy atom. The van der Waals surface area contributed by atoms with Crippen LogP contribution in [0, 0.1) is 5.82 Å². The number of esters is 1. The molecule has 1 fully saturated rings. The van der Waals surface area contributed by atoms with Crippen molar-refractivity contribution < 1.29 is 29.7 Å². The minimum Gasteiger partial charge on any atom is -0.466 e. The molecule has 3 aromatic heterocycles. The van der Waals surface area contributed by atoms with Crippen molar-refractivity contribution in [1.29, 1.82) is 0 Å². The molecule has 0 aromatic carbocycles. The number of aromatic amines is 1. The molecule has 1 amide bonds. The molecule has 3 aromatic rings. The van der Waals surface area contributed by atoms with E-state index >= 15 is 0 Å². The SMILES string of the molecule is CCOC(=O)CCC(=O)c1cccnc1N1CCN(C(=O)C(=O)c2c[nH]c3c(N/C=C\NN)ncc(F)c23)CC1.[HH]. The van der Waals surface area contributed by atoms with E-state index in [0.717, 1.165) is 6.20 Å². The molecule has 13 nitrogen and oxygen atoms in total. The molecule has 4 rings (SSSR count). The van der Waals surface area contributed by atoms with Crippen molar-refractivity contribution in [2.75, 3.05) is 43.0 Å². The van der Waals surface area contributed by atoms with Gasteiger partial charge in [-0.3, -0.25) is 25.0 Å². The number of piperazine rings is 1. The van der Waals surface area contributed by atoms with Crippen LogP contribution < -0.4 is 21.5 Å². The van der Waals surface area contributed by atoms with E-state index in [1.165, 1.54) is 23.5 Å². The second kappa shape index (κ2) is 12.8. The van der Waals surface area contributed by atoms with E-state index in [2.05, 4.69) is 25.7 Å². The van der Waals surface area contributed by atoms with E-state index in [1.54, 1.807) is 25.3 Å². The van der Waals surface area contributed by atoms with Gasteiger partial charge in [0.2, 0.25) is 0 Å². The summed E-state index contributed by atoms with van der Waals surface area (Å²) >= 11 is 0. The Labute approximate surface area is 230 Å². The first-order chi connectivity index (χ1) is 19.3. The maximum atomic E-state index is 14.7. The number of nitrogens with one attached hydrogen (secondary N) is 3. The first-order valence-corrected chi connectivity index (χ1v) is 12.6. The standard InChI is InChI=1S/C26H29FN8O5.H2/c1-2-40-20(37)6-5-19(36)16-4-3-7-30-25(16)34-10-12-35(13-11-34)26(39)23(38)17-14-31-22-21(17)18(27)15-32-24(22)29-8-9-33-28;/h3-4,7-9,14-15,31,33H,2,5-6,10-13,28H2,1H3,(H,29,32);1H/b9-8-;. The predicted molar refractivity (Wildman–Crippen MR) is 146 cm³/mol. The minimum atomic E-state index is -0.859. The van der Waals surface area contributed by atoms with Gasteiger partial charge in [0, 0.05) is 58.8 Å². The summed E-state index contributed by atoms with van der Waals surface area (Å²) in [6.45, 7) is 2.95. The van der Waals surface area contributed by atoms with Crippen LogP contribution in [0.4, 0.5) is 16.0 Å². The molecule has 0 spiro atoms. The van der Waals surface area contributed by atoms with Gasteiger partial charge in [-0.05, 0) is 19.1 Å². The number of rotatable bonds is 11. The normalized spacial score (nSPS) is 13.5. The monoisotopic (exact) mass is 554 g/mol. The van der Waals surface area contributed by atoms with E-state index in [0.29, 0.717) is 24.5 Å². The summed E-state index contributed by atoms with van der Waals surface area (Å²) in [5, 5.41) is 2.76. The molecular formula is C26H31FN8O5. The van der Waals surface area contributed by atoms with Gasteiger partial charge in [0.05, 0.1) is 41.3 Å². The van der Waals surface area contributed by atoms with Gasteiger partial charge in [0.15, 0.2) is 17.4 Å². The highest BCUT2D eigenvalue weighted by Crippen LogP contribution is 2.28. The fourth-order valence-corrected chi connectivity index (χ4v) is 4.40. The number of anilines is 2. The lowest BCUT2D eigenvalue weighted by Gasteiger charge is -2.35. The lowest BCUT2D eigenvalue weighted by molar-refractivity contribution is -0.143. The van der Waals surface area contributed by atoms with Crippen LogP contribution in [0.5, 0.6) is 0 Å². The Hall–Kier alpha value is -4.85. The molecule has 0 radical (unpaired) electrons. The topological polar surface area (TPSA) is 176 Å². The van der Waals surface area contributed by atoms with Crippen molar-refractivity contribution in [3.63, 3.8) is 0 Å². The number of aromatic nitrogens is 3. The molecule has 4 heterocycles. The van der Waals surface area contributed by atoms with Gasteiger partial charge in [-0.1, -0.05) is 0 Å². The second-order valence-electron chi connectivity index (χ2n) is 8.76. The lowest BCUT2D eigenvalue weighted by Crippen LogP contribution is -2.51. The van der Waals surface area contributed by atoms with Crippen molar-refractivity contribution in [3.05, 3.63) is 60.1 Å². The second-order valence-corrected chi connectivity index (χ2v) is 8.76. The third-order valence-corrected chi connectivity index (χ3v) is 6.32. The van der Waals surface area contributed by atoms with Gasteiger partial charge in [0.25, 0.3) is 11.7 Å². The number of hydrogen-bond donors (Lipinski definition) is 4. The number of halogens is 1. The number of H-pyrrole nitrogens is 1. The average molecular weight is 555 g/mol. The van der Waals surface area contributed by atoms with Crippen LogP contribution in [0.25, 0.3) is 10.9 Å². The molecule has 212 valence electrons. The first kappa shape index (κ1) is 28.2. The molecule has 0 saturated carbocycles. The number of Topliss-reactive ketones (excluding diaryl/α,β-unsaturated/α-hetero) is 2. The summed E-state index contributed by atoms with van der Waals surface area (Å²) in [7, 11) is 0. The van der Waals surface area contributed by atoms with Crippen LogP contribution in [0.2, 0.25) is 0 Å². The van der Waals surface area contributed by atoms with Crippen molar-refractivity contribution in [2.24, 2.45) is 5.84 Å². The Balaban J connectivity index is 0.00000462. The Morgan fingerprint density at radius 1 is 1.15 bits per heavy atom. The molecular weight excluding hydrogens is 523 g/mol. The van der Waals surface area contributed by atoms with E-state index in [1.807, 2.05) is 4.90 Å². The third-order valence-electron chi connectivity index (χ3n) is 6.32. The van der Waals surface area contributed by atoms with E-state index < -0.39 is 23.5 Å². The molecule has 0 aliphatic carbocycles. The smallest absolute Gasteiger partial charge is 0.306 e. The largest absolute Gasteiger partial charge is 0.466 e. The van der Waals surface area contributed by atoms with Gasteiger partial charge in [-0.25, -0.2) is 14.4 Å². The first-order valence-electron chi connectivity index (χ1n) is 12.6. The van der Waals surface area contributed by atoms with Crippen molar-refractivity contribution >= 4 is 46.0 Å². The Bertz CT molecular complexity index is 1450. The number of ketones is 2. The molecule has 1 saturated heterocycles. The molecule has 14 heteroatoms. The van der Waals surface area contributed by atoms with Crippen LogP contribution in [-0.4, -0.2) is 76.1 Å². The highest BCUT2D eigenvalue weighted by Gasteiger charge is 2.31. The predicted octanol–water partition coefficient (Wildman–Crippen LogP) is 1.75. The zero-order valence-corrected chi connectivity index (χ0v) is 21.8. The minimum absolute atomic E-state index is 0. The van der Waals surface area contributed by atoms with E-state index in [-0.39, 0.29) is 62.0 Å². The molecule has 0 bridgehead atoms. The van der Waals surface area contributed by atoms with Crippen LogP contribution in [-0.2, 0) is 14.3 Å². The molecule has 1 aliphatic heterocycles. The maximum Gasteiger partial charge on any atom is 0.306 e. The number of carbonyl (C=O) groups excluding carboxylic acids is 4. The number of amides is 1. The molecule has 5 N–H and O–H groups in total. The fraction of sp³-hybridized carbons (Fsp3) is 0.308. The number of pyridine rings is 2. The van der Waals surface area contributed by atoms with Gasteiger partial charge in [-0.2, -0.15) is 0 Å². The Kier molecular flexibility index (Phi) is 9.01. The number of hydrogen-bond acceptors (Lipinski definition) is 11. The molecule has 40 heavy (non-hydrogen) atoms. The third kappa shape index (κ3) is 6.07. The zero-order chi connectivity index (χ0) is 28.6. The number of nitrogens with two attached hydrogens (primary N) is 1. The summed E-state index contributed by atoms with van der Waals surface area (Å²) in [5.74, 6) is 2.79. The quantitative estimate of drug-likeness (QED) is 0.0893. The van der Waals surface area contributed by atoms with E-state index in [9.17, 15) is 23.6 Å². The zero-order valence-electron chi connectivity index (χ0n) is 21.8. The summed E-state index contributed by atoms with van der Waals surface area (Å²) in [4.78, 5) is 65.1. The molecule has 1 aliphatic rings. The van der Waals surface area contributed by atoms with Crippen molar-refractivity contribution in [3.8, 4) is 0 Å². The Morgan fingerprint density at radius 2 is 1.93 bits per heavy atom. The maximum absolute atomic E-state index is 14.7. The molecule has 0 atom stereocenters. The summed E-state index contributed by atoms with van der Waals surface area (Å²) in [5.41, 5.74) is 2.79. The number of ether oxygens (including phenoxy) is 1. The van der Waals surface area contributed by atoms with Crippen molar-refractivity contribution in [2.45, 2.75) is 19.8 Å². The van der Waals surface area contributed by atoms with Gasteiger partial charge >= 0.3 is 5.97 Å². The van der Waals surface area contributed by atoms with Crippen LogP contribution in [0.15, 0.2) is 43.1 Å². The number of fused-ring (bicyclic) bond motifs is 1. The van der Waals surface area contributed by atoms with Crippen LogP contribution in [0.3, 0.4) is 0 Å². The van der Waals surface area contributed by atoms with Gasteiger partial charge in [-0.15, -0.1) is 0 Å². The lowest BCUT2D eigenvalue weighted by atomic mass is 10.1. The van der Waals surface area contributed by atoms with Gasteiger partial charge in [0.1, 0.15) is 5.82 Å².